The van der Waals surface area contributed by atoms with Gasteiger partial charge in [-0.1, -0.05) is 41.9 Å². The van der Waals surface area contributed by atoms with Crippen LogP contribution in [0.4, 0.5) is 0 Å². The minimum Gasteiger partial charge on any atom is -0.379 e. The Labute approximate surface area is 176 Å². The largest absolute Gasteiger partial charge is 0.379 e. The third-order valence-corrected chi connectivity index (χ3v) is 4.86. The molecule has 142 valence electrons. The number of ether oxygens (including phenoxy) is 1. The van der Waals surface area contributed by atoms with Crippen molar-refractivity contribution >= 4 is 45.9 Å². The summed E-state index contributed by atoms with van der Waals surface area (Å²) in [7, 11) is 0. The van der Waals surface area contributed by atoms with E-state index in [2.05, 4.69) is 69.3 Å². The molecule has 1 aromatic rings. The summed E-state index contributed by atoms with van der Waals surface area (Å²) in [5.41, 5.74) is 7.22. The fourth-order valence-corrected chi connectivity index (χ4v) is 2.94. The molecule has 0 amide bonds. The maximum Gasteiger partial charge on any atom is 0.188 e. The van der Waals surface area contributed by atoms with Gasteiger partial charge in [-0.15, -0.1) is 24.0 Å². The van der Waals surface area contributed by atoms with Crippen LogP contribution in [0.15, 0.2) is 33.7 Å². The number of benzene rings is 1. The number of nitrogens with two attached hydrogens (primary N) is 1. The molecule has 0 aromatic heterocycles. The number of guanidine groups is 1. The third kappa shape index (κ3) is 8.23. The Morgan fingerprint density at radius 1 is 1.28 bits per heavy atom. The molecular formula is C18H30BrIN4O. The van der Waals surface area contributed by atoms with Crippen LogP contribution in [0.2, 0.25) is 0 Å². The summed E-state index contributed by atoms with van der Waals surface area (Å²) in [4.78, 5) is 6.94. The van der Waals surface area contributed by atoms with Crippen molar-refractivity contribution in [1.29, 1.82) is 0 Å². The summed E-state index contributed by atoms with van der Waals surface area (Å²) in [6, 6.07) is 8.39. The smallest absolute Gasteiger partial charge is 0.188 e. The van der Waals surface area contributed by atoms with Crippen LogP contribution in [0.1, 0.15) is 25.8 Å². The molecule has 5 nitrogen and oxygen atoms in total. The van der Waals surface area contributed by atoms with Crippen LogP contribution < -0.4 is 11.1 Å². The molecule has 1 fully saturated rings. The van der Waals surface area contributed by atoms with Crippen molar-refractivity contribution in [3.05, 3.63) is 34.3 Å². The second-order valence-electron chi connectivity index (χ2n) is 6.83. The van der Waals surface area contributed by atoms with Gasteiger partial charge in [0.25, 0.3) is 0 Å². The van der Waals surface area contributed by atoms with E-state index in [1.54, 1.807) is 0 Å². The molecule has 2 rings (SSSR count). The van der Waals surface area contributed by atoms with Gasteiger partial charge in [0.1, 0.15) is 0 Å². The lowest BCUT2D eigenvalue weighted by Crippen LogP contribution is -2.39. The zero-order chi connectivity index (χ0) is 17.4. The first kappa shape index (κ1) is 22.7. The van der Waals surface area contributed by atoms with Gasteiger partial charge in [0.2, 0.25) is 0 Å². The van der Waals surface area contributed by atoms with Gasteiger partial charge >= 0.3 is 0 Å². The lowest BCUT2D eigenvalue weighted by atomic mass is 9.85. The highest BCUT2D eigenvalue weighted by atomic mass is 127. The Morgan fingerprint density at radius 3 is 2.56 bits per heavy atom. The van der Waals surface area contributed by atoms with Crippen LogP contribution in [-0.2, 0) is 10.2 Å². The normalized spacial score (nSPS) is 16.4. The number of hydrogen-bond acceptors (Lipinski definition) is 3. The number of nitrogens with zero attached hydrogens (tertiary/aromatic N) is 2. The molecule has 25 heavy (non-hydrogen) atoms. The van der Waals surface area contributed by atoms with E-state index in [1.165, 1.54) is 5.56 Å². The fourth-order valence-electron chi connectivity index (χ4n) is 2.67. The van der Waals surface area contributed by atoms with E-state index in [4.69, 9.17) is 10.5 Å². The van der Waals surface area contributed by atoms with E-state index >= 15 is 0 Å². The number of halogens is 2. The van der Waals surface area contributed by atoms with Gasteiger partial charge in [0.15, 0.2) is 5.96 Å². The molecular weight excluding hydrogens is 495 g/mol. The SMILES string of the molecule is CC(C)(CN=C(N)NCCCN1CCOCC1)c1ccc(Br)cc1.I. The van der Waals surface area contributed by atoms with Crippen molar-refractivity contribution in [3.63, 3.8) is 0 Å². The summed E-state index contributed by atoms with van der Waals surface area (Å²) >= 11 is 3.47. The summed E-state index contributed by atoms with van der Waals surface area (Å²) in [6.45, 7) is 10.7. The lowest BCUT2D eigenvalue weighted by molar-refractivity contribution is 0.0376. The van der Waals surface area contributed by atoms with Gasteiger partial charge in [0, 0.05) is 29.5 Å². The average Bonchev–Trinajstić information content (AvgIpc) is 2.58. The Morgan fingerprint density at radius 2 is 1.92 bits per heavy atom. The summed E-state index contributed by atoms with van der Waals surface area (Å²) in [5, 5.41) is 3.22. The van der Waals surface area contributed by atoms with Crippen molar-refractivity contribution in [2.24, 2.45) is 10.7 Å². The highest BCUT2D eigenvalue weighted by Gasteiger charge is 2.20. The Hall–Kier alpha value is -0.380. The van der Waals surface area contributed by atoms with Gasteiger partial charge in [-0.2, -0.15) is 0 Å². The predicted molar refractivity (Wildman–Crippen MR) is 119 cm³/mol. The molecule has 0 atom stereocenters. The minimum absolute atomic E-state index is 0. The zero-order valence-corrected chi connectivity index (χ0v) is 19.0. The molecule has 0 spiro atoms. The number of hydrogen-bond donors (Lipinski definition) is 2. The summed E-state index contributed by atoms with van der Waals surface area (Å²) in [5.74, 6) is 0.530. The van der Waals surface area contributed by atoms with Gasteiger partial charge in [0.05, 0.1) is 19.8 Å². The maximum atomic E-state index is 6.00. The Balaban J connectivity index is 0.00000312. The molecule has 1 aliphatic heterocycles. The minimum atomic E-state index is -0.0409. The van der Waals surface area contributed by atoms with Crippen molar-refractivity contribution in [2.45, 2.75) is 25.7 Å². The van der Waals surface area contributed by atoms with E-state index in [1.807, 2.05) is 0 Å². The highest BCUT2D eigenvalue weighted by molar-refractivity contribution is 14.0. The third-order valence-electron chi connectivity index (χ3n) is 4.33. The van der Waals surface area contributed by atoms with E-state index in [-0.39, 0.29) is 29.4 Å². The van der Waals surface area contributed by atoms with E-state index < -0.39 is 0 Å². The fraction of sp³-hybridized carbons (Fsp3) is 0.611. The molecule has 0 unspecified atom stereocenters. The lowest BCUT2D eigenvalue weighted by Gasteiger charge is -2.26. The summed E-state index contributed by atoms with van der Waals surface area (Å²) in [6.07, 6.45) is 1.06. The number of rotatable bonds is 7. The predicted octanol–water partition coefficient (Wildman–Crippen LogP) is 2.97. The number of morpholine rings is 1. The first-order valence-electron chi connectivity index (χ1n) is 8.57. The highest BCUT2D eigenvalue weighted by Crippen LogP contribution is 2.25. The Bertz CT molecular complexity index is 530. The van der Waals surface area contributed by atoms with Crippen LogP contribution in [-0.4, -0.2) is 56.8 Å². The molecule has 1 aliphatic rings. The van der Waals surface area contributed by atoms with Crippen LogP contribution in [0, 0.1) is 0 Å². The summed E-state index contributed by atoms with van der Waals surface area (Å²) < 4.78 is 6.44. The van der Waals surface area contributed by atoms with Gasteiger partial charge in [-0.05, 0) is 30.7 Å². The zero-order valence-electron chi connectivity index (χ0n) is 15.1. The van der Waals surface area contributed by atoms with Crippen LogP contribution in [0.25, 0.3) is 0 Å². The molecule has 0 radical (unpaired) electrons. The molecule has 1 heterocycles. The molecule has 1 saturated heterocycles. The molecule has 7 heteroatoms. The van der Waals surface area contributed by atoms with Crippen LogP contribution in [0.5, 0.6) is 0 Å². The maximum absolute atomic E-state index is 6.00. The van der Waals surface area contributed by atoms with Crippen LogP contribution in [0.3, 0.4) is 0 Å². The topological polar surface area (TPSA) is 62.9 Å². The van der Waals surface area contributed by atoms with Gasteiger partial charge in [-0.3, -0.25) is 9.89 Å². The number of nitrogens with one attached hydrogen (secondary N) is 1. The van der Waals surface area contributed by atoms with Crippen molar-refractivity contribution in [1.82, 2.24) is 10.2 Å². The molecule has 0 saturated carbocycles. The quantitative estimate of drug-likeness (QED) is 0.249. The van der Waals surface area contributed by atoms with Crippen molar-refractivity contribution < 1.29 is 4.74 Å². The van der Waals surface area contributed by atoms with Crippen LogP contribution >= 0.6 is 39.9 Å². The standard InChI is InChI=1S/C18H29BrN4O.HI/c1-18(2,15-4-6-16(19)7-5-15)14-22-17(20)21-8-3-9-23-10-12-24-13-11-23;/h4-7H,3,8-14H2,1-2H3,(H3,20,21,22);1H. The first-order chi connectivity index (χ1) is 11.5. The monoisotopic (exact) mass is 524 g/mol. The number of aliphatic imine (C=N–C) groups is 1. The second kappa shape index (κ2) is 11.4. The van der Waals surface area contributed by atoms with Crippen molar-refractivity contribution in [2.75, 3.05) is 45.9 Å². The Kier molecular flexibility index (Phi) is 10.3. The molecule has 1 aromatic carbocycles. The molecule has 0 aliphatic carbocycles. The van der Waals surface area contributed by atoms with E-state index in [9.17, 15) is 0 Å². The first-order valence-corrected chi connectivity index (χ1v) is 9.36. The molecule has 3 N–H and O–H groups in total. The average molecular weight is 525 g/mol. The second-order valence-corrected chi connectivity index (χ2v) is 7.74. The molecule has 0 bridgehead atoms. The van der Waals surface area contributed by atoms with E-state index in [0.29, 0.717) is 12.5 Å². The van der Waals surface area contributed by atoms with Gasteiger partial charge < -0.3 is 15.8 Å². The van der Waals surface area contributed by atoms with Crippen molar-refractivity contribution in [3.8, 4) is 0 Å². The van der Waals surface area contributed by atoms with E-state index in [0.717, 1.165) is 50.3 Å². The van der Waals surface area contributed by atoms with Gasteiger partial charge in [-0.25, -0.2) is 0 Å².